The summed E-state index contributed by atoms with van der Waals surface area (Å²) < 4.78 is 2.82. The predicted octanol–water partition coefficient (Wildman–Crippen LogP) is 2.13. The summed E-state index contributed by atoms with van der Waals surface area (Å²) in [4.78, 5) is 14.6. The van der Waals surface area contributed by atoms with Crippen LogP contribution in [-0.4, -0.2) is 34.5 Å². The summed E-state index contributed by atoms with van der Waals surface area (Å²) in [5, 5.41) is 0. The van der Waals surface area contributed by atoms with E-state index in [-0.39, 0.29) is 5.91 Å². The monoisotopic (exact) mass is 313 g/mol. The highest BCUT2D eigenvalue weighted by Gasteiger charge is 2.28. The second kappa shape index (κ2) is 5.89. The Balaban J connectivity index is 2.18. The zero-order chi connectivity index (χ0) is 13.1. The number of carbonyl (C=O) groups excluding carboxylic acids is 1. The Morgan fingerprint density at radius 2 is 2.33 bits per heavy atom. The molecule has 1 aliphatic rings. The predicted molar refractivity (Wildman–Crippen MR) is 75.5 cm³/mol. The molecule has 18 heavy (non-hydrogen) atoms. The summed E-state index contributed by atoms with van der Waals surface area (Å²) in [6.45, 7) is 1.50. The lowest BCUT2D eigenvalue weighted by atomic mass is 9.99. The van der Waals surface area contributed by atoms with Gasteiger partial charge in [0, 0.05) is 30.3 Å². The van der Waals surface area contributed by atoms with Crippen LogP contribution in [0.4, 0.5) is 0 Å². The molecule has 0 saturated carbocycles. The van der Waals surface area contributed by atoms with Gasteiger partial charge in [-0.2, -0.15) is 0 Å². The quantitative estimate of drug-likeness (QED) is 0.929. The molecule has 0 unspecified atom stereocenters. The number of hydrogen-bond donors (Lipinski definition) is 1. The second-order valence-corrected chi connectivity index (χ2v) is 5.80. The maximum atomic E-state index is 12.6. The van der Waals surface area contributed by atoms with E-state index in [9.17, 15) is 4.79 Å². The molecule has 0 radical (unpaired) electrons. The average Bonchev–Trinajstić information content (AvgIpc) is 2.69. The zero-order valence-corrected chi connectivity index (χ0v) is 12.3. The fourth-order valence-electron chi connectivity index (χ4n) is 2.64. The molecule has 4 nitrogen and oxygen atoms in total. The molecule has 0 aromatic carbocycles. The van der Waals surface area contributed by atoms with Gasteiger partial charge in [0.05, 0.1) is 0 Å². The van der Waals surface area contributed by atoms with E-state index in [1.54, 1.807) is 0 Å². The van der Waals surface area contributed by atoms with Crippen LogP contribution in [-0.2, 0) is 7.05 Å². The lowest BCUT2D eigenvalue weighted by Crippen LogP contribution is -2.45. The number of nitrogens with two attached hydrogens (primary N) is 1. The molecule has 1 fully saturated rings. The fourth-order valence-corrected chi connectivity index (χ4v) is 3.17. The lowest BCUT2D eigenvalue weighted by Gasteiger charge is -2.35. The Morgan fingerprint density at radius 3 is 2.94 bits per heavy atom. The van der Waals surface area contributed by atoms with E-state index in [0.29, 0.717) is 12.6 Å². The molecule has 1 aromatic rings. The van der Waals surface area contributed by atoms with Gasteiger partial charge >= 0.3 is 0 Å². The molecule has 2 N–H and O–H groups in total. The summed E-state index contributed by atoms with van der Waals surface area (Å²) in [6.07, 6.45) is 6.19. The van der Waals surface area contributed by atoms with Crippen LogP contribution in [0.5, 0.6) is 0 Å². The third kappa shape index (κ3) is 2.78. The van der Waals surface area contributed by atoms with Crippen molar-refractivity contribution >= 4 is 21.8 Å². The van der Waals surface area contributed by atoms with Crippen molar-refractivity contribution in [3.8, 4) is 0 Å². The van der Waals surface area contributed by atoms with Crippen molar-refractivity contribution < 1.29 is 4.79 Å². The van der Waals surface area contributed by atoms with E-state index >= 15 is 0 Å². The van der Waals surface area contributed by atoms with Crippen LogP contribution < -0.4 is 5.73 Å². The van der Waals surface area contributed by atoms with Gasteiger partial charge in [0.1, 0.15) is 5.69 Å². The largest absolute Gasteiger partial charge is 0.345 e. The molecule has 0 aliphatic carbocycles. The highest BCUT2D eigenvalue weighted by Crippen LogP contribution is 2.23. The third-order valence-electron chi connectivity index (χ3n) is 3.58. The standard InChI is InChI=1S/C13H20BrN3O/c1-16-9-10(14)8-12(16)13(18)17-7-3-2-4-11(17)5-6-15/h8-9,11H,2-7,15H2,1H3/t11-/m0/s1. The Morgan fingerprint density at radius 1 is 1.56 bits per heavy atom. The van der Waals surface area contributed by atoms with Crippen molar-refractivity contribution in [1.29, 1.82) is 0 Å². The molecule has 0 spiro atoms. The van der Waals surface area contributed by atoms with Crippen molar-refractivity contribution in [2.24, 2.45) is 12.8 Å². The molecule has 1 aromatic heterocycles. The molecular weight excluding hydrogens is 294 g/mol. The van der Waals surface area contributed by atoms with E-state index in [2.05, 4.69) is 15.9 Å². The maximum Gasteiger partial charge on any atom is 0.270 e. The minimum absolute atomic E-state index is 0.126. The molecule has 2 rings (SSSR count). The number of carbonyl (C=O) groups is 1. The first kappa shape index (κ1) is 13.6. The van der Waals surface area contributed by atoms with Crippen LogP contribution in [0, 0.1) is 0 Å². The van der Waals surface area contributed by atoms with Crippen LogP contribution in [0.2, 0.25) is 0 Å². The van der Waals surface area contributed by atoms with Gasteiger partial charge in [-0.05, 0) is 54.2 Å². The number of nitrogens with zero attached hydrogens (tertiary/aromatic N) is 2. The van der Waals surface area contributed by atoms with Crippen molar-refractivity contribution in [3.63, 3.8) is 0 Å². The van der Waals surface area contributed by atoms with Crippen LogP contribution in [0.3, 0.4) is 0 Å². The highest BCUT2D eigenvalue weighted by molar-refractivity contribution is 9.10. The van der Waals surface area contributed by atoms with Crippen molar-refractivity contribution in [1.82, 2.24) is 9.47 Å². The van der Waals surface area contributed by atoms with E-state index in [4.69, 9.17) is 5.73 Å². The van der Waals surface area contributed by atoms with Gasteiger partial charge in [-0.1, -0.05) is 0 Å². The Labute approximate surface area is 116 Å². The van der Waals surface area contributed by atoms with Gasteiger partial charge in [0.25, 0.3) is 5.91 Å². The van der Waals surface area contributed by atoms with Gasteiger partial charge in [-0.15, -0.1) is 0 Å². The number of aromatic nitrogens is 1. The number of rotatable bonds is 3. The molecule has 5 heteroatoms. The fraction of sp³-hybridized carbons (Fsp3) is 0.615. The second-order valence-electron chi connectivity index (χ2n) is 4.88. The van der Waals surface area contributed by atoms with E-state index in [1.807, 2.05) is 28.8 Å². The van der Waals surface area contributed by atoms with Gasteiger partial charge in [0.15, 0.2) is 0 Å². The zero-order valence-electron chi connectivity index (χ0n) is 10.7. The number of likely N-dealkylation sites (tertiary alicyclic amines) is 1. The summed E-state index contributed by atoms with van der Waals surface area (Å²) in [5.74, 6) is 0.126. The van der Waals surface area contributed by atoms with Crippen molar-refractivity contribution in [3.05, 3.63) is 22.4 Å². The third-order valence-corrected chi connectivity index (χ3v) is 4.01. The molecule has 1 atom stereocenters. The minimum atomic E-state index is 0.126. The number of hydrogen-bond acceptors (Lipinski definition) is 2. The maximum absolute atomic E-state index is 12.6. The molecule has 1 amide bonds. The highest BCUT2D eigenvalue weighted by atomic mass is 79.9. The first-order chi connectivity index (χ1) is 8.63. The molecule has 1 aliphatic heterocycles. The number of halogens is 1. The Kier molecular flexibility index (Phi) is 4.45. The van der Waals surface area contributed by atoms with Crippen LogP contribution >= 0.6 is 15.9 Å². The van der Waals surface area contributed by atoms with Crippen LogP contribution in [0.15, 0.2) is 16.7 Å². The van der Waals surface area contributed by atoms with Gasteiger partial charge < -0.3 is 15.2 Å². The smallest absolute Gasteiger partial charge is 0.270 e. The molecular formula is C13H20BrN3O. The first-order valence-corrected chi connectivity index (χ1v) is 7.25. The van der Waals surface area contributed by atoms with Crippen molar-refractivity contribution in [2.75, 3.05) is 13.1 Å². The van der Waals surface area contributed by atoms with Gasteiger partial charge in [0.2, 0.25) is 0 Å². The number of aryl methyl sites for hydroxylation is 1. The normalized spacial score (nSPS) is 20.2. The van der Waals surface area contributed by atoms with E-state index < -0.39 is 0 Å². The molecule has 1 saturated heterocycles. The van der Waals surface area contributed by atoms with Crippen LogP contribution in [0.25, 0.3) is 0 Å². The summed E-state index contributed by atoms with van der Waals surface area (Å²) in [5.41, 5.74) is 6.39. The summed E-state index contributed by atoms with van der Waals surface area (Å²) in [6, 6.07) is 2.20. The topological polar surface area (TPSA) is 51.3 Å². The number of amides is 1. The van der Waals surface area contributed by atoms with Crippen LogP contribution in [0.1, 0.15) is 36.2 Å². The molecule has 0 bridgehead atoms. The van der Waals surface area contributed by atoms with E-state index in [0.717, 1.165) is 36.0 Å². The summed E-state index contributed by atoms with van der Waals surface area (Å²) >= 11 is 3.41. The Hall–Kier alpha value is -0.810. The average molecular weight is 314 g/mol. The number of piperidine rings is 1. The molecule has 100 valence electrons. The lowest BCUT2D eigenvalue weighted by molar-refractivity contribution is 0.0595. The van der Waals surface area contributed by atoms with E-state index in [1.165, 1.54) is 6.42 Å². The van der Waals surface area contributed by atoms with Gasteiger partial charge in [-0.25, -0.2) is 0 Å². The van der Waals surface area contributed by atoms with Gasteiger partial charge in [-0.3, -0.25) is 4.79 Å². The summed E-state index contributed by atoms with van der Waals surface area (Å²) in [7, 11) is 1.90. The minimum Gasteiger partial charge on any atom is -0.345 e. The SMILES string of the molecule is Cn1cc(Br)cc1C(=O)N1CCCC[C@H]1CCN. The first-order valence-electron chi connectivity index (χ1n) is 6.46. The van der Waals surface area contributed by atoms with Crippen molar-refractivity contribution in [2.45, 2.75) is 31.7 Å². The Bertz CT molecular complexity index is 428. The molecule has 2 heterocycles.